The van der Waals surface area contributed by atoms with Gasteiger partial charge >= 0.3 is 6.18 Å². The molecule has 0 aromatic rings. The van der Waals surface area contributed by atoms with Gasteiger partial charge in [-0.3, -0.25) is 5.84 Å². The van der Waals surface area contributed by atoms with Crippen LogP contribution in [0.15, 0.2) is 0 Å². The lowest BCUT2D eigenvalue weighted by atomic mass is 9.95. The molecule has 1 saturated heterocycles. The average molecular weight is 170 g/mol. The van der Waals surface area contributed by atoms with Gasteiger partial charge in [0.25, 0.3) is 0 Å². The maximum absolute atomic E-state index is 12.1. The van der Waals surface area contributed by atoms with Gasteiger partial charge in [-0.05, 0) is 0 Å². The van der Waals surface area contributed by atoms with Gasteiger partial charge in [0.2, 0.25) is 0 Å². The first-order chi connectivity index (χ1) is 4.91. The van der Waals surface area contributed by atoms with E-state index in [9.17, 15) is 13.2 Å². The van der Waals surface area contributed by atoms with Gasteiger partial charge in [-0.2, -0.15) is 13.2 Å². The van der Waals surface area contributed by atoms with E-state index in [-0.39, 0.29) is 13.1 Å². The molecule has 0 saturated carbocycles. The Morgan fingerprint density at radius 2 is 1.91 bits per heavy atom. The molecule has 0 unspecified atom stereocenters. The molecule has 1 aliphatic heterocycles. The van der Waals surface area contributed by atoms with Gasteiger partial charge in [-0.15, -0.1) is 0 Å². The monoisotopic (exact) mass is 170 g/mol. The number of halogens is 3. The van der Waals surface area contributed by atoms with E-state index in [1.54, 1.807) is 0 Å². The summed E-state index contributed by atoms with van der Waals surface area (Å²) in [5.74, 6) is 5.08. The Hall–Kier alpha value is -0.330. The van der Waals surface area contributed by atoms with Gasteiger partial charge in [-0.25, -0.2) is 5.01 Å². The second-order valence-corrected chi connectivity index (χ2v) is 2.60. The lowest BCUT2D eigenvalue weighted by Gasteiger charge is -2.47. The number of alkyl halides is 3. The third-order valence-electron chi connectivity index (χ3n) is 1.82. The lowest BCUT2D eigenvalue weighted by Crippen LogP contribution is -2.71. The zero-order valence-electron chi connectivity index (χ0n) is 5.98. The Morgan fingerprint density at radius 3 is 2.00 bits per heavy atom. The summed E-state index contributed by atoms with van der Waals surface area (Å²) in [6, 6.07) is 0. The number of hydrogen-bond acceptors (Lipinski definition) is 3. The maximum Gasteiger partial charge on any atom is 0.420 e. The van der Waals surface area contributed by atoms with Crippen molar-refractivity contribution >= 4 is 0 Å². The van der Waals surface area contributed by atoms with Crippen molar-refractivity contribution in [3.63, 3.8) is 0 Å². The molecule has 1 fully saturated rings. The molecule has 0 aromatic carbocycles. The predicted molar refractivity (Wildman–Crippen MR) is 31.6 cm³/mol. The molecule has 6 heteroatoms. The van der Waals surface area contributed by atoms with E-state index in [0.29, 0.717) is 0 Å². The molecule has 0 atom stereocenters. The normalized spacial score (nSPS) is 24.8. The number of nitrogens with zero attached hydrogens (tertiary/aromatic N) is 1. The van der Waals surface area contributed by atoms with Gasteiger partial charge < -0.3 is 4.74 Å². The molecule has 11 heavy (non-hydrogen) atoms. The van der Waals surface area contributed by atoms with Crippen molar-refractivity contribution in [3.8, 4) is 0 Å². The molecular weight excluding hydrogens is 161 g/mol. The van der Waals surface area contributed by atoms with Gasteiger partial charge in [0.05, 0.1) is 13.1 Å². The van der Waals surface area contributed by atoms with Crippen molar-refractivity contribution in [1.82, 2.24) is 5.01 Å². The van der Waals surface area contributed by atoms with Gasteiger partial charge in [0, 0.05) is 7.11 Å². The fraction of sp³-hybridized carbons (Fsp3) is 1.00. The van der Waals surface area contributed by atoms with E-state index in [1.807, 2.05) is 0 Å². The summed E-state index contributed by atoms with van der Waals surface area (Å²) in [6.45, 7) is -0.569. The van der Waals surface area contributed by atoms with E-state index < -0.39 is 11.8 Å². The van der Waals surface area contributed by atoms with Crippen LogP contribution in [-0.4, -0.2) is 37.0 Å². The van der Waals surface area contributed by atoms with Crippen molar-refractivity contribution in [2.45, 2.75) is 11.8 Å². The van der Waals surface area contributed by atoms with Crippen LogP contribution < -0.4 is 5.84 Å². The van der Waals surface area contributed by atoms with E-state index in [1.165, 1.54) is 0 Å². The maximum atomic E-state index is 12.1. The Kier molecular flexibility index (Phi) is 1.85. The summed E-state index contributed by atoms with van der Waals surface area (Å²) >= 11 is 0. The topological polar surface area (TPSA) is 38.5 Å². The van der Waals surface area contributed by atoms with E-state index in [0.717, 1.165) is 12.1 Å². The van der Waals surface area contributed by atoms with Gasteiger partial charge in [-0.1, -0.05) is 0 Å². The number of rotatable bonds is 1. The highest BCUT2D eigenvalue weighted by atomic mass is 19.4. The van der Waals surface area contributed by atoms with Crippen molar-refractivity contribution in [3.05, 3.63) is 0 Å². The predicted octanol–water partition coefficient (Wildman–Crippen LogP) is 0.123. The van der Waals surface area contributed by atoms with E-state index in [2.05, 4.69) is 4.74 Å². The fourth-order valence-corrected chi connectivity index (χ4v) is 1.03. The van der Waals surface area contributed by atoms with E-state index in [4.69, 9.17) is 5.84 Å². The van der Waals surface area contributed by atoms with Crippen LogP contribution in [-0.2, 0) is 4.74 Å². The van der Waals surface area contributed by atoms with Crippen LogP contribution in [0.5, 0.6) is 0 Å². The lowest BCUT2D eigenvalue weighted by molar-refractivity contribution is -0.311. The molecule has 0 amide bonds. The number of nitrogens with two attached hydrogens (primary N) is 1. The number of hydrazine groups is 1. The minimum Gasteiger partial charge on any atom is -0.366 e. The molecule has 1 aliphatic rings. The van der Waals surface area contributed by atoms with Crippen LogP contribution in [0.2, 0.25) is 0 Å². The smallest absolute Gasteiger partial charge is 0.366 e. The Morgan fingerprint density at radius 1 is 1.45 bits per heavy atom. The van der Waals surface area contributed by atoms with Crippen molar-refractivity contribution in [2.24, 2.45) is 5.84 Å². The van der Waals surface area contributed by atoms with Crippen molar-refractivity contribution in [2.75, 3.05) is 20.2 Å². The molecule has 3 nitrogen and oxygen atoms in total. The molecule has 0 aromatic heterocycles. The first-order valence-corrected chi connectivity index (χ1v) is 3.03. The zero-order chi connectivity index (χ0) is 8.70. The molecule has 0 bridgehead atoms. The third-order valence-corrected chi connectivity index (χ3v) is 1.82. The highest BCUT2D eigenvalue weighted by Crippen LogP contribution is 2.38. The fourth-order valence-electron chi connectivity index (χ4n) is 1.03. The number of methoxy groups -OCH3 is 1. The van der Waals surface area contributed by atoms with Crippen LogP contribution in [0.25, 0.3) is 0 Å². The number of ether oxygens (including phenoxy) is 1. The molecule has 0 spiro atoms. The van der Waals surface area contributed by atoms with Crippen LogP contribution in [0.4, 0.5) is 13.2 Å². The third kappa shape index (κ3) is 1.21. The quantitative estimate of drug-likeness (QED) is 0.568. The first-order valence-electron chi connectivity index (χ1n) is 3.03. The van der Waals surface area contributed by atoms with E-state index >= 15 is 0 Å². The van der Waals surface area contributed by atoms with Crippen LogP contribution >= 0.6 is 0 Å². The SMILES string of the molecule is COC1(C(F)(F)F)CN(N)C1. The summed E-state index contributed by atoms with van der Waals surface area (Å²) < 4.78 is 40.7. The summed E-state index contributed by atoms with van der Waals surface area (Å²) in [4.78, 5) is 0. The molecular formula is C5H9F3N2O. The Labute approximate surface area is 61.9 Å². The zero-order valence-corrected chi connectivity index (χ0v) is 5.98. The second kappa shape index (κ2) is 2.33. The summed E-state index contributed by atoms with van der Waals surface area (Å²) in [6.07, 6.45) is -4.32. The Balaban J connectivity index is 2.65. The van der Waals surface area contributed by atoms with Crippen LogP contribution in [0, 0.1) is 0 Å². The largest absolute Gasteiger partial charge is 0.420 e. The minimum atomic E-state index is -4.32. The summed E-state index contributed by atoms with van der Waals surface area (Å²) in [7, 11) is 1.04. The molecule has 0 radical (unpaired) electrons. The molecule has 0 aliphatic carbocycles. The molecule has 1 rings (SSSR count). The number of hydrogen-bond donors (Lipinski definition) is 1. The highest BCUT2D eigenvalue weighted by Gasteiger charge is 2.62. The first kappa shape index (κ1) is 8.76. The summed E-state index contributed by atoms with van der Waals surface area (Å²) in [5.41, 5.74) is -2.03. The van der Waals surface area contributed by atoms with Gasteiger partial charge in [0.15, 0.2) is 5.60 Å². The second-order valence-electron chi connectivity index (χ2n) is 2.60. The standard InChI is InChI=1S/C5H9F3N2O/c1-11-4(5(6,7)8)2-10(9)3-4/h2-3,9H2,1H3. The molecule has 66 valence electrons. The summed E-state index contributed by atoms with van der Waals surface area (Å²) in [5, 5.41) is 1.07. The van der Waals surface area contributed by atoms with Gasteiger partial charge in [0.1, 0.15) is 0 Å². The molecule has 1 heterocycles. The highest BCUT2D eigenvalue weighted by molar-refractivity contribution is 5.00. The average Bonchev–Trinajstić information content (AvgIpc) is 1.77. The minimum absolute atomic E-state index is 0.285. The Bertz CT molecular complexity index is 152. The van der Waals surface area contributed by atoms with Crippen molar-refractivity contribution < 1.29 is 17.9 Å². The molecule has 2 N–H and O–H groups in total. The van der Waals surface area contributed by atoms with Crippen LogP contribution in [0.3, 0.4) is 0 Å². The van der Waals surface area contributed by atoms with Crippen molar-refractivity contribution in [1.29, 1.82) is 0 Å². The van der Waals surface area contributed by atoms with Crippen LogP contribution in [0.1, 0.15) is 0 Å².